The summed E-state index contributed by atoms with van der Waals surface area (Å²) < 4.78 is 5.08. The van der Waals surface area contributed by atoms with E-state index < -0.39 is 11.8 Å². The third-order valence-electron chi connectivity index (χ3n) is 3.25. The van der Waals surface area contributed by atoms with Gasteiger partial charge >= 0.3 is 5.97 Å². The number of hydrogen-bond acceptors (Lipinski definition) is 3. The van der Waals surface area contributed by atoms with Crippen molar-refractivity contribution in [2.24, 2.45) is 0 Å². The second-order valence-electron chi connectivity index (χ2n) is 4.25. The lowest BCUT2D eigenvalue weighted by Crippen LogP contribution is -2.29. The van der Waals surface area contributed by atoms with Crippen LogP contribution in [0.2, 0.25) is 0 Å². The van der Waals surface area contributed by atoms with Crippen LogP contribution in [-0.4, -0.2) is 11.1 Å². The zero-order valence-corrected chi connectivity index (χ0v) is 8.77. The first kappa shape index (κ1) is 9.60. The predicted molar refractivity (Wildman–Crippen MR) is 57.5 cm³/mol. The van der Waals surface area contributed by atoms with Crippen molar-refractivity contribution in [3.8, 4) is 0 Å². The van der Waals surface area contributed by atoms with Gasteiger partial charge in [-0.05, 0) is 24.8 Å². The van der Waals surface area contributed by atoms with Gasteiger partial charge in [0.15, 0.2) is 0 Å². The van der Waals surface area contributed by atoms with Crippen LogP contribution in [0.25, 0.3) is 0 Å². The molecule has 82 valence electrons. The highest BCUT2D eigenvalue weighted by atomic mass is 16.7. The molecule has 0 fully saturated rings. The number of carbonyl (C=O) groups is 1. The highest BCUT2D eigenvalue weighted by molar-refractivity contribution is 5.86. The van der Waals surface area contributed by atoms with E-state index in [1.165, 1.54) is 6.08 Å². The number of esters is 1. The maximum Gasteiger partial charge on any atom is 0.333 e. The van der Waals surface area contributed by atoms with Gasteiger partial charge < -0.3 is 9.84 Å². The van der Waals surface area contributed by atoms with Crippen LogP contribution >= 0.6 is 0 Å². The van der Waals surface area contributed by atoms with Crippen molar-refractivity contribution in [3.05, 3.63) is 47.0 Å². The third kappa shape index (κ3) is 1.21. The van der Waals surface area contributed by atoms with Gasteiger partial charge in [-0.3, -0.25) is 0 Å². The van der Waals surface area contributed by atoms with Crippen LogP contribution in [0, 0.1) is 0 Å². The lowest BCUT2D eigenvalue weighted by Gasteiger charge is -2.25. The highest BCUT2D eigenvalue weighted by Crippen LogP contribution is 2.42. The summed E-state index contributed by atoms with van der Waals surface area (Å²) in [6, 6.07) is 7.59. The van der Waals surface area contributed by atoms with Gasteiger partial charge in [0, 0.05) is 17.2 Å². The molecule has 1 aliphatic heterocycles. The minimum Gasteiger partial charge on any atom is -0.421 e. The molecular weight excluding hydrogens is 204 g/mol. The Morgan fingerprint density at radius 3 is 2.94 bits per heavy atom. The summed E-state index contributed by atoms with van der Waals surface area (Å²) >= 11 is 0. The normalized spacial score (nSPS) is 27.6. The van der Waals surface area contributed by atoms with E-state index >= 15 is 0 Å². The molecule has 3 nitrogen and oxygen atoms in total. The monoisotopic (exact) mass is 216 g/mol. The minimum atomic E-state index is -1.51. The van der Waals surface area contributed by atoms with Gasteiger partial charge in [0.25, 0.3) is 5.79 Å². The Balaban J connectivity index is 2.20. The zero-order chi connectivity index (χ0) is 11.2. The summed E-state index contributed by atoms with van der Waals surface area (Å²) in [5.41, 5.74) is 2.45. The van der Waals surface area contributed by atoms with Gasteiger partial charge in [-0.25, -0.2) is 4.79 Å². The Bertz CT molecular complexity index is 490. The van der Waals surface area contributed by atoms with Crippen LogP contribution < -0.4 is 0 Å². The predicted octanol–water partition coefficient (Wildman–Crippen LogP) is 1.65. The number of fused-ring (bicyclic) bond motifs is 3. The molecule has 1 aliphatic carbocycles. The molecule has 1 N–H and O–H groups in total. The van der Waals surface area contributed by atoms with Crippen molar-refractivity contribution in [1.29, 1.82) is 0 Å². The lowest BCUT2D eigenvalue weighted by atomic mass is 9.95. The SMILES string of the molecule is O=C1C=C2CCCc3ccccc3C2(O)O1. The molecule has 1 aromatic carbocycles. The standard InChI is InChI=1S/C13H12O3/c14-12-8-10-6-3-5-9-4-1-2-7-11(9)13(10,15)16-12/h1-2,4,7-8,15H,3,5-6H2. The van der Waals surface area contributed by atoms with Gasteiger partial charge in [0.1, 0.15) is 0 Å². The van der Waals surface area contributed by atoms with E-state index in [9.17, 15) is 9.90 Å². The molecule has 2 aliphatic rings. The number of benzene rings is 1. The molecule has 0 aromatic heterocycles. The zero-order valence-electron chi connectivity index (χ0n) is 8.77. The van der Waals surface area contributed by atoms with Gasteiger partial charge in [-0.2, -0.15) is 0 Å². The quantitative estimate of drug-likeness (QED) is 0.671. The number of rotatable bonds is 0. The van der Waals surface area contributed by atoms with E-state index in [1.54, 1.807) is 0 Å². The summed E-state index contributed by atoms with van der Waals surface area (Å²) in [6.07, 6.45) is 3.97. The first-order valence-electron chi connectivity index (χ1n) is 5.45. The van der Waals surface area contributed by atoms with Crippen LogP contribution in [0.5, 0.6) is 0 Å². The molecule has 0 bridgehead atoms. The molecule has 0 saturated heterocycles. The molecule has 0 amide bonds. The van der Waals surface area contributed by atoms with Gasteiger partial charge in [0.05, 0.1) is 0 Å². The van der Waals surface area contributed by atoms with Crippen LogP contribution in [0.3, 0.4) is 0 Å². The van der Waals surface area contributed by atoms with E-state index in [0.717, 1.165) is 18.4 Å². The number of aryl methyl sites for hydroxylation is 1. The van der Waals surface area contributed by atoms with E-state index in [0.29, 0.717) is 17.6 Å². The van der Waals surface area contributed by atoms with E-state index in [4.69, 9.17) is 4.74 Å². The third-order valence-corrected chi connectivity index (χ3v) is 3.25. The van der Waals surface area contributed by atoms with Crippen molar-refractivity contribution in [2.45, 2.75) is 25.0 Å². The highest BCUT2D eigenvalue weighted by Gasteiger charge is 2.44. The Morgan fingerprint density at radius 2 is 2.06 bits per heavy atom. The van der Waals surface area contributed by atoms with E-state index in [1.807, 2.05) is 24.3 Å². The van der Waals surface area contributed by atoms with Crippen LogP contribution in [0.4, 0.5) is 0 Å². The second kappa shape index (κ2) is 3.19. The minimum absolute atomic E-state index is 0.450. The van der Waals surface area contributed by atoms with Crippen molar-refractivity contribution in [3.63, 3.8) is 0 Å². The fourth-order valence-corrected chi connectivity index (χ4v) is 2.49. The molecular formula is C13H12O3. The maximum absolute atomic E-state index is 11.3. The molecule has 1 heterocycles. The van der Waals surface area contributed by atoms with E-state index in [2.05, 4.69) is 0 Å². The van der Waals surface area contributed by atoms with Crippen LogP contribution in [0.1, 0.15) is 24.0 Å². The van der Waals surface area contributed by atoms with Crippen molar-refractivity contribution in [2.75, 3.05) is 0 Å². The largest absolute Gasteiger partial charge is 0.421 e. The fraction of sp³-hybridized carbons (Fsp3) is 0.308. The molecule has 1 atom stereocenters. The smallest absolute Gasteiger partial charge is 0.333 e. The van der Waals surface area contributed by atoms with Crippen LogP contribution in [-0.2, 0) is 21.7 Å². The molecule has 0 spiro atoms. The Kier molecular flexibility index (Phi) is 1.91. The van der Waals surface area contributed by atoms with Gasteiger partial charge in [-0.15, -0.1) is 0 Å². The maximum atomic E-state index is 11.3. The van der Waals surface area contributed by atoms with Crippen molar-refractivity contribution in [1.82, 2.24) is 0 Å². The summed E-state index contributed by atoms with van der Waals surface area (Å²) in [5.74, 6) is -1.96. The first-order valence-corrected chi connectivity index (χ1v) is 5.45. The lowest BCUT2D eigenvalue weighted by molar-refractivity contribution is -0.185. The number of aliphatic hydroxyl groups is 1. The fourth-order valence-electron chi connectivity index (χ4n) is 2.49. The Morgan fingerprint density at radius 1 is 1.25 bits per heavy atom. The van der Waals surface area contributed by atoms with Gasteiger partial charge in [0.2, 0.25) is 0 Å². The van der Waals surface area contributed by atoms with Gasteiger partial charge in [-0.1, -0.05) is 24.3 Å². The van der Waals surface area contributed by atoms with E-state index in [-0.39, 0.29) is 0 Å². The number of carbonyl (C=O) groups excluding carboxylic acids is 1. The van der Waals surface area contributed by atoms with Crippen molar-refractivity contribution < 1.29 is 14.6 Å². The van der Waals surface area contributed by atoms with Crippen molar-refractivity contribution >= 4 is 5.97 Å². The molecule has 1 aromatic rings. The Labute approximate surface area is 93.4 Å². The summed E-state index contributed by atoms with van der Waals surface area (Å²) in [4.78, 5) is 11.3. The number of hydrogen-bond donors (Lipinski definition) is 1. The first-order chi connectivity index (χ1) is 7.70. The molecule has 16 heavy (non-hydrogen) atoms. The summed E-state index contributed by atoms with van der Waals surface area (Å²) in [5, 5.41) is 10.5. The van der Waals surface area contributed by atoms with Crippen LogP contribution in [0.15, 0.2) is 35.9 Å². The average molecular weight is 216 g/mol. The second-order valence-corrected chi connectivity index (χ2v) is 4.25. The molecule has 0 saturated carbocycles. The average Bonchev–Trinajstić information content (AvgIpc) is 2.48. The molecule has 1 unspecified atom stereocenters. The topological polar surface area (TPSA) is 46.5 Å². The summed E-state index contributed by atoms with van der Waals surface area (Å²) in [6.45, 7) is 0. The molecule has 3 heteroatoms. The number of ether oxygens (including phenoxy) is 1. The summed E-state index contributed by atoms with van der Waals surface area (Å²) in [7, 11) is 0. The molecule has 3 rings (SSSR count). The Hall–Kier alpha value is -1.61. The molecule has 0 radical (unpaired) electrons.